The lowest BCUT2D eigenvalue weighted by Gasteiger charge is -2.31. The maximum Gasteiger partial charge on any atom is 0.233 e. The number of rotatable bonds is 5. The van der Waals surface area contributed by atoms with Gasteiger partial charge in [0, 0.05) is 24.7 Å². The molecule has 1 aromatic carbocycles. The van der Waals surface area contributed by atoms with E-state index < -0.39 is 0 Å². The van der Waals surface area contributed by atoms with Gasteiger partial charge in [0.1, 0.15) is 5.03 Å². The second-order valence-electron chi connectivity index (χ2n) is 8.06. The lowest BCUT2D eigenvalue weighted by atomic mass is 9.99. The van der Waals surface area contributed by atoms with Gasteiger partial charge in [-0.15, -0.1) is 21.5 Å². The summed E-state index contributed by atoms with van der Waals surface area (Å²) in [6.07, 6.45) is 2.09. The molecule has 1 saturated heterocycles. The third kappa shape index (κ3) is 4.40. The summed E-state index contributed by atoms with van der Waals surface area (Å²) in [6.45, 7) is 5.49. The normalized spacial score (nSPS) is 16.6. The fourth-order valence-corrected chi connectivity index (χ4v) is 5.87. The zero-order chi connectivity index (χ0) is 22.1. The number of fused-ring (bicyclic) bond motifs is 1. The third-order valence-corrected chi connectivity index (χ3v) is 7.73. The zero-order valence-electron chi connectivity index (χ0n) is 18.1. The molecular formula is C23H24N6OS2. The topological polar surface area (TPSA) is 76.8 Å². The highest BCUT2D eigenvalue weighted by molar-refractivity contribution is 7.99. The van der Waals surface area contributed by atoms with Crippen LogP contribution < -0.4 is 0 Å². The van der Waals surface area contributed by atoms with E-state index in [0.29, 0.717) is 17.5 Å². The standard InChI is InChI=1S/C23H24N6OS2/c1-15-12-16(2)29(27-15)20-9-10-21(26-25-20)31-14-22(30)28-11-5-6-17(13-28)23-24-18-7-3-4-8-19(18)32-23/h3-4,7-10,12,17H,5-6,11,13-14H2,1-2H3. The molecule has 0 N–H and O–H groups in total. The number of piperidine rings is 1. The first-order valence-corrected chi connectivity index (χ1v) is 12.5. The van der Waals surface area contributed by atoms with E-state index in [4.69, 9.17) is 4.98 Å². The number of nitrogens with zero attached hydrogens (tertiary/aromatic N) is 6. The van der Waals surface area contributed by atoms with Gasteiger partial charge in [-0.2, -0.15) is 5.10 Å². The Morgan fingerprint density at radius 1 is 1.19 bits per heavy atom. The molecule has 0 spiro atoms. The maximum atomic E-state index is 12.9. The van der Waals surface area contributed by atoms with Gasteiger partial charge in [0.05, 0.1) is 26.7 Å². The van der Waals surface area contributed by atoms with Crippen LogP contribution in [0.3, 0.4) is 0 Å². The quantitative estimate of drug-likeness (QED) is 0.408. The zero-order valence-corrected chi connectivity index (χ0v) is 19.7. The Bertz CT molecular complexity index is 1220. The van der Waals surface area contributed by atoms with E-state index in [1.54, 1.807) is 16.0 Å². The van der Waals surface area contributed by atoms with Crippen LogP contribution in [0.5, 0.6) is 0 Å². The van der Waals surface area contributed by atoms with Crippen molar-refractivity contribution in [3.05, 3.63) is 58.9 Å². The second kappa shape index (κ2) is 8.99. The minimum Gasteiger partial charge on any atom is -0.341 e. The van der Waals surface area contributed by atoms with Crippen LogP contribution in [0.2, 0.25) is 0 Å². The highest BCUT2D eigenvalue weighted by Crippen LogP contribution is 2.33. The molecular weight excluding hydrogens is 440 g/mol. The van der Waals surface area contributed by atoms with E-state index in [2.05, 4.69) is 27.4 Å². The molecule has 7 nitrogen and oxygen atoms in total. The number of carbonyl (C=O) groups is 1. The number of thiazole rings is 1. The molecule has 1 fully saturated rings. The molecule has 0 radical (unpaired) electrons. The Morgan fingerprint density at radius 2 is 2.06 bits per heavy atom. The Hall–Kier alpha value is -2.78. The van der Waals surface area contributed by atoms with Gasteiger partial charge in [-0.1, -0.05) is 23.9 Å². The number of aryl methyl sites for hydroxylation is 2. The molecule has 4 heterocycles. The predicted octanol–water partition coefficient (Wildman–Crippen LogP) is 4.39. The van der Waals surface area contributed by atoms with Crippen molar-refractivity contribution in [2.75, 3.05) is 18.8 Å². The van der Waals surface area contributed by atoms with Gasteiger partial charge < -0.3 is 4.90 Å². The molecule has 0 saturated carbocycles. The van der Waals surface area contributed by atoms with Crippen molar-refractivity contribution in [2.45, 2.75) is 37.6 Å². The van der Waals surface area contributed by atoms with Gasteiger partial charge in [0.2, 0.25) is 5.91 Å². The summed E-state index contributed by atoms with van der Waals surface area (Å²) in [5.41, 5.74) is 3.01. The Balaban J connectivity index is 1.20. The SMILES string of the molecule is Cc1cc(C)n(-c2ccc(SCC(=O)N3CCCC(c4nc5ccccc5s4)C3)nn2)n1. The number of aromatic nitrogens is 5. The van der Waals surface area contributed by atoms with Crippen molar-refractivity contribution in [3.8, 4) is 5.82 Å². The number of likely N-dealkylation sites (tertiary alicyclic amines) is 1. The average molecular weight is 465 g/mol. The highest BCUT2D eigenvalue weighted by Gasteiger charge is 2.27. The molecule has 3 aromatic heterocycles. The summed E-state index contributed by atoms with van der Waals surface area (Å²) in [7, 11) is 0. The molecule has 0 aliphatic carbocycles. The van der Waals surface area contributed by atoms with E-state index >= 15 is 0 Å². The molecule has 4 aromatic rings. The minimum atomic E-state index is 0.144. The summed E-state index contributed by atoms with van der Waals surface area (Å²) in [6, 6.07) is 14.0. The molecule has 164 valence electrons. The van der Waals surface area contributed by atoms with Crippen LogP contribution in [0.25, 0.3) is 16.0 Å². The van der Waals surface area contributed by atoms with Crippen molar-refractivity contribution in [1.82, 2.24) is 29.9 Å². The third-order valence-electron chi connectivity index (χ3n) is 5.63. The van der Waals surface area contributed by atoms with Gasteiger partial charge in [0.25, 0.3) is 0 Å². The fourth-order valence-electron chi connectivity index (χ4n) is 4.06. The highest BCUT2D eigenvalue weighted by atomic mass is 32.2. The summed E-state index contributed by atoms with van der Waals surface area (Å²) in [5.74, 6) is 1.50. The van der Waals surface area contributed by atoms with Gasteiger partial charge in [-0.05, 0) is 57.0 Å². The van der Waals surface area contributed by atoms with Crippen molar-refractivity contribution < 1.29 is 4.79 Å². The van der Waals surface area contributed by atoms with Crippen LogP contribution in [0.15, 0.2) is 47.5 Å². The summed E-state index contributed by atoms with van der Waals surface area (Å²) in [5, 5.41) is 14.9. The average Bonchev–Trinajstić information content (AvgIpc) is 3.40. The number of amides is 1. The molecule has 32 heavy (non-hydrogen) atoms. The molecule has 1 aliphatic rings. The first-order chi connectivity index (χ1) is 15.6. The lowest BCUT2D eigenvalue weighted by Crippen LogP contribution is -2.40. The molecule has 1 unspecified atom stereocenters. The molecule has 1 atom stereocenters. The van der Waals surface area contributed by atoms with E-state index in [-0.39, 0.29) is 5.91 Å². The molecule has 5 rings (SSSR count). The fraction of sp³-hybridized carbons (Fsp3) is 0.348. The molecule has 9 heteroatoms. The number of para-hydroxylation sites is 1. The van der Waals surface area contributed by atoms with Gasteiger partial charge in [0.15, 0.2) is 5.82 Å². The van der Waals surface area contributed by atoms with Crippen molar-refractivity contribution in [2.24, 2.45) is 0 Å². The number of hydrogen-bond acceptors (Lipinski definition) is 7. The van der Waals surface area contributed by atoms with Crippen LogP contribution in [0, 0.1) is 13.8 Å². The van der Waals surface area contributed by atoms with E-state index in [0.717, 1.165) is 52.9 Å². The Kier molecular flexibility index (Phi) is 5.93. The van der Waals surface area contributed by atoms with E-state index in [1.807, 2.05) is 49.1 Å². The van der Waals surface area contributed by atoms with E-state index in [1.165, 1.54) is 16.5 Å². The number of hydrogen-bond donors (Lipinski definition) is 0. The Morgan fingerprint density at radius 3 is 2.81 bits per heavy atom. The Labute approximate surface area is 194 Å². The number of carbonyl (C=O) groups excluding carboxylic acids is 1. The first kappa shape index (κ1) is 21.1. The lowest BCUT2D eigenvalue weighted by molar-refractivity contribution is -0.129. The maximum absolute atomic E-state index is 12.9. The largest absolute Gasteiger partial charge is 0.341 e. The summed E-state index contributed by atoms with van der Waals surface area (Å²) >= 11 is 3.18. The van der Waals surface area contributed by atoms with Crippen LogP contribution in [-0.2, 0) is 4.79 Å². The minimum absolute atomic E-state index is 0.144. The van der Waals surface area contributed by atoms with Crippen LogP contribution in [-0.4, -0.2) is 54.6 Å². The number of benzene rings is 1. The first-order valence-electron chi connectivity index (χ1n) is 10.7. The molecule has 1 aliphatic heterocycles. The van der Waals surface area contributed by atoms with Gasteiger partial charge >= 0.3 is 0 Å². The van der Waals surface area contributed by atoms with Crippen molar-refractivity contribution in [3.63, 3.8) is 0 Å². The molecule has 1 amide bonds. The monoisotopic (exact) mass is 464 g/mol. The molecule has 0 bridgehead atoms. The van der Waals surface area contributed by atoms with Gasteiger partial charge in [-0.3, -0.25) is 4.79 Å². The van der Waals surface area contributed by atoms with Crippen LogP contribution >= 0.6 is 23.1 Å². The summed E-state index contributed by atoms with van der Waals surface area (Å²) < 4.78 is 2.99. The van der Waals surface area contributed by atoms with Gasteiger partial charge in [-0.25, -0.2) is 9.67 Å². The second-order valence-corrected chi connectivity index (χ2v) is 10.1. The summed E-state index contributed by atoms with van der Waals surface area (Å²) in [4.78, 5) is 19.7. The van der Waals surface area contributed by atoms with Crippen molar-refractivity contribution >= 4 is 39.2 Å². The number of thioether (sulfide) groups is 1. The van der Waals surface area contributed by atoms with Crippen LogP contribution in [0.4, 0.5) is 0 Å². The van der Waals surface area contributed by atoms with Crippen LogP contribution in [0.1, 0.15) is 35.2 Å². The van der Waals surface area contributed by atoms with E-state index in [9.17, 15) is 4.79 Å². The van der Waals surface area contributed by atoms with Crippen molar-refractivity contribution in [1.29, 1.82) is 0 Å². The predicted molar refractivity (Wildman–Crippen MR) is 128 cm³/mol. The smallest absolute Gasteiger partial charge is 0.233 e.